The minimum absolute atomic E-state index is 0.224. The van der Waals surface area contributed by atoms with Crippen LogP contribution in [-0.4, -0.2) is 30.4 Å². The van der Waals surface area contributed by atoms with Crippen molar-refractivity contribution in [2.24, 2.45) is 0 Å². The first-order chi connectivity index (χ1) is 12.6. The molecular formula is C21H22FNO3. The molecule has 1 saturated heterocycles. The highest BCUT2D eigenvalue weighted by molar-refractivity contribution is 6.11. The normalized spacial score (nSPS) is 15.7. The zero-order chi connectivity index (χ0) is 18.3. The van der Waals surface area contributed by atoms with Gasteiger partial charge in [0.05, 0.1) is 17.7 Å². The van der Waals surface area contributed by atoms with E-state index in [1.165, 1.54) is 6.07 Å². The number of carbonyl (C=O) groups is 1. The lowest BCUT2D eigenvalue weighted by Crippen LogP contribution is -2.19. The first kappa shape index (κ1) is 17.0. The Kier molecular flexibility index (Phi) is 4.41. The van der Waals surface area contributed by atoms with Crippen LogP contribution < -0.4 is 0 Å². The maximum atomic E-state index is 15.1. The number of halogens is 1. The van der Waals surface area contributed by atoms with Gasteiger partial charge in [-0.3, -0.25) is 0 Å². The molecule has 0 spiro atoms. The Morgan fingerprint density at radius 1 is 1.23 bits per heavy atom. The fraction of sp³-hybridized carbons (Fsp3) is 0.381. The van der Waals surface area contributed by atoms with Gasteiger partial charge in [0.25, 0.3) is 0 Å². The number of carbonyl (C=O) groups excluding carboxylic acids is 1. The zero-order valence-corrected chi connectivity index (χ0v) is 15.0. The Bertz CT molecular complexity index is 986. The van der Waals surface area contributed by atoms with Crippen molar-refractivity contribution in [2.45, 2.75) is 32.7 Å². The van der Waals surface area contributed by atoms with Crippen LogP contribution in [0.4, 0.5) is 4.39 Å². The Morgan fingerprint density at radius 2 is 2.00 bits per heavy atom. The van der Waals surface area contributed by atoms with Crippen LogP contribution in [0.25, 0.3) is 21.8 Å². The average Bonchev–Trinajstić information content (AvgIpc) is 2.98. The van der Waals surface area contributed by atoms with Gasteiger partial charge in [-0.2, -0.15) is 0 Å². The number of rotatable bonds is 3. The van der Waals surface area contributed by atoms with E-state index in [0.717, 1.165) is 34.8 Å². The smallest absolute Gasteiger partial charge is 0.338 e. The molecule has 0 saturated carbocycles. The van der Waals surface area contributed by atoms with Crippen molar-refractivity contribution in [3.05, 3.63) is 47.3 Å². The Hall–Kier alpha value is -2.40. The number of benzene rings is 2. The minimum atomic E-state index is -0.492. The van der Waals surface area contributed by atoms with Crippen molar-refractivity contribution in [1.29, 1.82) is 0 Å². The molecule has 1 aromatic heterocycles. The predicted molar refractivity (Wildman–Crippen MR) is 99.2 cm³/mol. The second-order valence-electron chi connectivity index (χ2n) is 6.76. The third-order valence-electron chi connectivity index (χ3n) is 5.16. The number of ether oxygens (including phenoxy) is 2. The molecular weight excluding hydrogens is 333 g/mol. The number of hydrogen-bond acceptors (Lipinski definition) is 3. The molecule has 2 aromatic carbocycles. The number of hydrogen-bond donors (Lipinski definition) is 0. The molecule has 0 N–H and O–H groups in total. The first-order valence-corrected chi connectivity index (χ1v) is 9.09. The number of fused-ring (bicyclic) bond motifs is 3. The molecule has 0 aliphatic carbocycles. The highest BCUT2D eigenvalue weighted by atomic mass is 19.1. The molecule has 1 aliphatic rings. The molecule has 26 heavy (non-hydrogen) atoms. The van der Waals surface area contributed by atoms with Crippen molar-refractivity contribution >= 4 is 27.8 Å². The van der Waals surface area contributed by atoms with Crippen LogP contribution in [0, 0.1) is 12.7 Å². The summed E-state index contributed by atoms with van der Waals surface area (Å²) in [6.45, 7) is 5.39. The van der Waals surface area contributed by atoms with Gasteiger partial charge in [0.1, 0.15) is 5.82 Å². The van der Waals surface area contributed by atoms with E-state index in [4.69, 9.17) is 9.47 Å². The summed E-state index contributed by atoms with van der Waals surface area (Å²) in [4.78, 5) is 12.2. The van der Waals surface area contributed by atoms with Gasteiger partial charge in [-0.25, -0.2) is 9.18 Å². The third kappa shape index (κ3) is 2.67. The summed E-state index contributed by atoms with van der Waals surface area (Å²) in [5.74, 6) is -0.871. The second-order valence-corrected chi connectivity index (χ2v) is 6.76. The van der Waals surface area contributed by atoms with Gasteiger partial charge in [-0.1, -0.05) is 12.1 Å². The van der Waals surface area contributed by atoms with E-state index in [2.05, 4.69) is 4.57 Å². The maximum absolute atomic E-state index is 15.1. The van der Waals surface area contributed by atoms with Gasteiger partial charge in [-0.05, 0) is 50.5 Å². The average molecular weight is 355 g/mol. The van der Waals surface area contributed by atoms with Crippen molar-refractivity contribution in [3.8, 4) is 0 Å². The van der Waals surface area contributed by atoms with Crippen molar-refractivity contribution in [3.63, 3.8) is 0 Å². The summed E-state index contributed by atoms with van der Waals surface area (Å²) >= 11 is 0. The highest BCUT2D eigenvalue weighted by Gasteiger charge is 2.24. The third-order valence-corrected chi connectivity index (χ3v) is 5.16. The second kappa shape index (κ2) is 6.72. The summed E-state index contributed by atoms with van der Waals surface area (Å²) in [5, 5.41) is 1.50. The Balaban J connectivity index is 2.04. The molecule has 0 radical (unpaired) electrons. The molecule has 1 fully saturated rings. The van der Waals surface area contributed by atoms with Crippen LogP contribution >= 0.6 is 0 Å². The molecule has 0 unspecified atom stereocenters. The number of esters is 1. The molecule has 4 nitrogen and oxygen atoms in total. The van der Waals surface area contributed by atoms with E-state index < -0.39 is 5.97 Å². The summed E-state index contributed by atoms with van der Waals surface area (Å²) in [6, 6.07) is 9.31. The Labute approximate surface area is 151 Å². The van der Waals surface area contributed by atoms with Gasteiger partial charge in [0, 0.05) is 35.5 Å². The molecule has 3 aromatic rings. The first-order valence-electron chi connectivity index (χ1n) is 9.09. The highest BCUT2D eigenvalue weighted by Crippen LogP contribution is 2.38. The van der Waals surface area contributed by atoms with E-state index in [-0.39, 0.29) is 24.0 Å². The van der Waals surface area contributed by atoms with Crippen molar-refractivity contribution < 1.29 is 18.7 Å². The zero-order valence-electron chi connectivity index (χ0n) is 15.0. The SMILES string of the molecule is CCOC(=O)c1cc(F)c2c3c(C)cccc3n(C3CCOCC3)c2c1. The van der Waals surface area contributed by atoms with Crippen LogP contribution in [0.3, 0.4) is 0 Å². The summed E-state index contributed by atoms with van der Waals surface area (Å²) in [7, 11) is 0. The van der Waals surface area contributed by atoms with Crippen LogP contribution in [-0.2, 0) is 9.47 Å². The molecule has 5 heteroatoms. The quantitative estimate of drug-likeness (QED) is 0.636. The monoisotopic (exact) mass is 355 g/mol. The van der Waals surface area contributed by atoms with Crippen molar-refractivity contribution in [1.82, 2.24) is 4.57 Å². The van der Waals surface area contributed by atoms with Crippen LogP contribution in [0.5, 0.6) is 0 Å². The van der Waals surface area contributed by atoms with Gasteiger partial charge in [0.2, 0.25) is 0 Å². The van der Waals surface area contributed by atoms with Gasteiger partial charge in [0.15, 0.2) is 0 Å². The van der Waals surface area contributed by atoms with E-state index in [0.29, 0.717) is 18.6 Å². The van der Waals surface area contributed by atoms with Crippen LogP contribution in [0.2, 0.25) is 0 Å². The molecule has 1 aliphatic heterocycles. The maximum Gasteiger partial charge on any atom is 0.338 e. The Morgan fingerprint density at radius 3 is 2.73 bits per heavy atom. The van der Waals surface area contributed by atoms with Gasteiger partial charge < -0.3 is 14.0 Å². The predicted octanol–water partition coefficient (Wildman–Crippen LogP) is 4.77. The van der Waals surface area contributed by atoms with Crippen LogP contribution in [0.15, 0.2) is 30.3 Å². The summed E-state index contributed by atoms with van der Waals surface area (Å²) < 4.78 is 27.9. The molecule has 0 atom stereocenters. The standard InChI is InChI=1S/C21H22FNO3/c1-3-26-21(24)14-11-16(22)20-18(12-14)23(15-7-9-25-10-8-15)17-6-4-5-13(2)19(17)20/h4-6,11-12,15H,3,7-10H2,1-2H3. The van der Waals surface area contributed by atoms with Crippen LogP contribution in [0.1, 0.15) is 41.7 Å². The number of aromatic nitrogens is 1. The fourth-order valence-corrected chi connectivity index (χ4v) is 4.01. The lowest BCUT2D eigenvalue weighted by molar-refractivity contribution is 0.0525. The van der Waals surface area contributed by atoms with E-state index in [9.17, 15) is 4.79 Å². The lowest BCUT2D eigenvalue weighted by atomic mass is 10.1. The molecule has 0 bridgehead atoms. The van der Waals surface area contributed by atoms with E-state index in [1.807, 2.05) is 25.1 Å². The molecule has 0 amide bonds. The van der Waals surface area contributed by atoms with E-state index in [1.54, 1.807) is 13.0 Å². The molecule has 2 heterocycles. The molecule has 136 valence electrons. The van der Waals surface area contributed by atoms with Gasteiger partial charge in [-0.15, -0.1) is 0 Å². The largest absolute Gasteiger partial charge is 0.462 e. The molecule has 4 rings (SSSR count). The van der Waals surface area contributed by atoms with Gasteiger partial charge >= 0.3 is 5.97 Å². The lowest BCUT2D eigenvalue weighted by Gasteiger charge is -2.25. The topological polar surface area (TPSA) is 40.5 Å². The summed E-state index contributed by atoms with van der Waals surface area (Å²) in [6.07, 6.45) is 1.75. The van der Waals surface area contributed by atoms with Crippen molar-refractivity contribution in [2.75, 3.05) is 19.8 Å². The number of nitrogens with zero attached hydrogens (tertiary/aromatic N) is 1. The minimum Gasteiger partial charge on any atom is -0.462 e. The fourth-order valence-electron chi connectivity index (χ4n) is 4.01. The summed E-state index contributed by atoms with van der Waals surface area (Å²) in [5.41, 5.74) is 3.04. The van der Waals surface area contributed by atoms with E-state index >= 15 is 4.39 Å². The number of aryl methyl sites for hydroxylation is 1.